The van der Waals surface area contributed by atoms with E-state index in [-0.39, 0.29) is 0 Å². The Morgan fingerprint density at radius 3 is 3.14 bits per heavy atom. The molecular weight excluding hydrogens is 218 g/mol. The topological polar surface area (TPSA) is 68.0 Å². The molecule has 2 heterocycles. The van der Waals surface area contributed by atoms with Crippen molar-refractivity contribution < 1.29 is 4.79 Å². The number of amides is 1. The van der Waals surface area contributed by atoms with Gasteiger partial charge in [-0.15, -0.1) is 11.3 Å². The van der Waals surface area contributed by atoms with E-state index in [4.69, 9.17) is 5.73 Å². The van der Waals surface area contributed by atoms with E-state index in [0.717, 1.165) is 17.3 Å². The first kappa shape index (κ1) is 9.79. The molecular formula is C8H11N3OS2. The standard InChI is InChI=1S/C8H11N3OS2/c9-7(12)6-4-14-8(11-6)10-5-1-2-13-3-5/h4-5H,1-3H2,(H2,9,12)(H,10,11). The summed E-state index contributed by atoms with van der Waals surface area (Å²) in [7, 11) is 0. The second-order valence-electron chi connectivity index (χ2n) is 3.11. The summed E-state index contributed by atoms with van der Waals surface area (Å²) < 4.78 is 0. The molecule has 0 aromatic carbocycles. The number of nitrogens with one attached hydrogen (secondary N) is 1. The van der Waals surface area contributed by atoms with Crippen LogP contribution in [0.5, 0.6) is 0 Å². The first-order chi connectivity index (χ1) is 6.75. The summed E-state index contributed by atoms with van der Waals surface area (Å²) in [5.74, 6) is 1.85. The fourth-order valence-corrected chi connectivity index (χ4v) is 3.21. The molecule has 1 fully saturated rings. The van der Waals surface area contributed by atoms with Crippen molar-refractivity contribution >= 4 is 34.1 Å². The summed E-state index contributed by atoms with van der Waals surface area (Å²) in [5, 5.41) is 5.78. The van der Waals surface area contributed by atoms with Crippen molar-refractivity contribution in [3.8, 4) is 0 Å². The molecule has 1 saturated heterocycles. The zero-order chi connectivity index (χ0) is 9.97. The molecule has 4 nitrogen and oxygen atoms in total. The lowest BCUT2D eigenvalue weighted by molar-refractivity contribution is 0.0996. The van der Waals surface area contributed by atoms with E-state index < -0.39 is 5.91 Å². The van der Waals surface area contributed by atoms with Crippen LogP contribution in [0.15, 0.2) is 5.38 Å². The third-order valence-corrected chi connectivity index (χ3v) is 3.95. The minimum atomic E-state index is -0.463. The number of nitrogens with two attached hydrogens (primary N) is 1. The van der Waals surface area contributed by atoms with Gasteiger partial charge in [0.05, 0.1) is 0 Å². The Labute approximate surface area is 90.3 Å². The van der Waals surface area contributed by atoms with E-state index in [1.807, 2.05) is 11.8 Å². The lowest BCUT2D eigenvalue weighted by Gasteiger charge is -2.08. The van der Waals surface area contributed by atoms with Crippen LogP contribution >= 0.6 is 23.1 Å². The molecule has 6 heteroatoms. The van der Waals surface area contributed by atoms with Gasteiger partial charge in [0.15, 0.2) is 5.13 Å². The maximum Gasteiger partial charge on any atom is 0.268 e. The highest BCUT2D eigenvalue weighted by Crippen LogP contribution is 2.23. The average molecular weight is 229 g/mol. The lowest BCUT2D eigenvalue weighted by Crippen LogP contribution is -2.18. The quantitative estimate of drug-likeness (QED) is 0.816. The van der Waals surface area contributed by atoms with Crippen molar-refractivity contribution in [1.82, 2.24) is 4.98 Å². The summed E-state index contributed by atoms with van der Waals surface area (Å²) in [4.78, 5) is 14.9. The summed E-state index contributed by atoms with van der Waals surface area (Å²) >= 11 is 3.37. The number of carbonyl (C=O) groups excluding carboxylic acids is 1. The first-order valence-corrected chi connectivity index (χ1v) is 6.39. The predicted molar refractivity (Wildman–Crippen MR) is 60.0 cm³/mol. The van der Waals surface area contributed by atoms with Gasteiger partial charge in [-0.1, -0.05) is 0 Å². The Balaban J connectivity index is 1.98. The SMILES string of the molecule is NC(=O)c1csc(NC2CCSC2)n1. The van der Waals surface area contributed by atoms with E-state index in [2.05, 4.69) is 10.3 Å². The van der Waals surface area contributed by atoms with E-state index in [1.165, 1.54) is 17.1 Å². The number of thiazole rings is 1. The zero-order valence-electron chi connectivity index (χ0n) is 7.53. The maximum absolute atomic E-state index is 10.8. The Morgan fingerprint density at radius 1 is 1.71 bits per heavy atom. The molecule has 14 heavy (non-hydrogen) atoms. The van der Waals surface area contributed by atoms with E-state index in [0.29, 0.717) is 11.7 Å². The Bertz CT molecular complexity index is 333. The van der Waals surface area contributed by atoms with Gasteiger partial charge < -0.3 is 11.1 Å². The highest BCUT2D eigenvalue weighted by molar-refractivity contribution is 7.99. The minimum Gasteiger partial charge on any atom is -0.364 e. The number of hydrogen-bond acceptors (Lipinski definition) is 5. The Hall–Kier alpha value is -0.750. The normalized spacial score (nSPS) is 21.0. The van der Waals surface area contributed by atoms with Crippen molar-refractivity contribution in [3.63, 3.8) is 0 Å². The fraction of sp³-hybridized carbons (Fsp3) is 0.500. The van der Waals surface area contributed by atoms with Crippen molar-refractivity contribution in [1.29, 1.82) is 0 Å². The van der Waals surface area contributed by atoms with Crippen LogP contribution in [0.1, 0.15) is 16.9 Å². The van der Waals surface area contributed by atoms with Gasteiger partial charge in [-0.25, -0.2) is 4.98 Å². The van der Waals surface area contributed by atoms with Crippen molar-refractivity contribution in [2.45, 2.75) is 12.5 Å². The average Bonchev–Trinajstić information content (AvgIpc) is 2.75. The van der Waals surface area contributed by atoms with Crippen LogP contribution in [0.2, 0.25) is 0 Å². The van der Waals surface area contributed by atoms with Crippen LogP contribution in [-0.2, 0) is 0 Å². The minimum absolute atomic E-state index is 0.350. The number of carbonyl (C=O) groups is 1. The van der Waals surface area contributed by atoms with Gasteiger partial charge in [0.25, 0.3) is 5.91 Å². The second-order valence-corrected chi connectivity index (χ2v) is 5.11. The maximum atomic E-state index is 10.8. The van der Waals surface area contributed by atoms with Crippen LogP contribution in [0.4, 0.5) is 5.13 Å². The molecule has 1 atom stereocenters. The Kier molecular flexibility index (Phi) is 2.93. The lowest BCUT2D eigenvalue weighted by atomic mass is 10.3. The van der Waals surface area contributed by atoms with Gasteiger partial charge in [-0.3, -0.25) is 4.79 Å². The van der Waals surface area contributed by atoms with E-state index >= 15 is 0 Å². The van der Waals surface area contributed by atoms with Crippen molar-refractivity contribution in [2.75, 3.05) is 16.8 Å². The summed E-state index contributed by atoms with van der Waals surface area (Å²) in [6.45, 7) is 0. The van der Waals surface area contributed by atoms with Gasteiger partial charge in [-0.2, -0.15) is 11.8 Å². The van der Waals surface area contributed by atoms with Crippen LogP contribution < -0.4 is 11.1 Å². The first-order valence-electron chi connectivity index (χ1n) is 4.35. The summed E-state index contributed by atoms with van der Waals surface area (Å²) in [5.41, 5.74) is 5.46. The van der Waals surface area contributed by atoms with Gasteiger partial charge in [-0.05, 0) is 12.2 Å². The molecule has 1 unspecified atom stereocenters. The monoisotopic (exact) mass is 229 g/mol. The number of hydrogen-bond donors (Lipinski definition) is 2. The number of thioether (sulfide) groups is 1. The number of rotatable bonds is 3. The van der Waals surface area contributed by atoms with Crippen LogP contribution in [-0.4, -0.2) is 28.4 Å². The predicted octanol–water partition coefficient (Wildman–Crippen LogP) is 1.16. The molecule has 0 saturated carbocycles. The molecule has 0 aliphatic carbocycles. The number of nitrogens with zero attached hydrogens (tertiary/aromatic N) is 1. The van der Waals surface area contributed by atoms with Gasteiger partial charge >= 0.3 is 0 Å². The molecule has 1 aromatic heterocycles. The molecule has 0 bridgehead atoms. The third kappa shape index (κ3) is 2.19. The number of anilines is 1. The molecule has 0 radical (unpaired) electrons. The molecule has 1 aliphatic heterocycles. The second kappa shape index (κ2) is 4.18. The smallest absolute Gasteiger partial charge is 0.268 e. The molecule has 76 valence electrons. The van der Waals surface area contributed by atoms with Crippen molar-refractivity contribution in [3.05, 3.63) is 11.1 Å². The van der Waals surface area contributed by atoms with Crippen LogP contribution in [0, 0.1) is 0 Å². The summed E-state index contributed by atoms with van der Waals surface area (Å²) in [6.07, 6.45) is 1.16. The largest absolute Gasteiger partial charge is 0.364 e. The zero-order valence-corrected chi connectivity index (χ0v) is 9.16. The van der Waals surface area contributed by atoms with E-state index in [1.54, 1.807) is 5.38 Å². The highest BCUT2D eigenvalue weighted by Gasteiger charge is 2.16. The van der Waals surface area contributed by atoms with Gasteiger partial charge in [0.2, 0.25) is 0 Å². The molecule has 1 aromatic rings. The number of aromatic nitrogens is 1. The van der Waals surface area contributed by atoms with Crippen molar-refractivity contribution in [2.24, 2.45) is 5.73 Å². The molecule has 1 amide bonds. The molecule has 2 rings (SSSR count). The van der Waals surface area contributed by atoms with Gasteiger partial charge in [0.1, 0.15) is 5.69 Å². The van der Waals surface area contributed by atoms with Crippen LogP contribution in [0.25, 0.3) is 0 Å². The highest BCUT2D eigenvalue weighted by atomic mass is 32.2. The van der Waals surface area contributed by atoms with Gasteiger partial charge in [0, 0.05) is 17.2 Å². The summed E-state index contributed by atoms with van der Waals surface area (Å²) in [6, 6.07) is 0.492. The molecule has 3 N–H and O–H groups in total. The van der Waals surface area contributed by atoms with E-state index in [9.17, 15) is 4.79 Å². The number of primary amides is 1. The Morgan fingerprint density at radius 2 is 2.57 bits per heavy atom. The third-order valence-electron chi connectivity index (χ3n) is 2.01. The van der Waals surface area contributed by atoms with Crippen LogP contribution in [0.3, 0.4) is 0 Å². The fourth-order valence-electron chi connectivity index (χ4n) is 1.28. The molecule has 0 spiro atoms. The molecule has 1 aliphatic rings.